The van der Waals surface area contributed by atoms with Crippen molar-refractivity contribution in [1.29, 1.82) is 0 Å². The van der Waals surface area contributed by atoms with E-state index in [1.807, 2.05) is 0 Å². The van der Waals surface area contributed by atoms with Gasteiger partial charge < -0.3 is 10.0 Å². The number of carboxylic acids is 1. The van der Waals surface area contributed by atoms with Crippen molar-refractivity contribution in [2.75, 3.05) is 26.2 Å². The first-order chi connectivity index (χ1) is 8.36. The monoisotopic (exact) mass is 278 g/mol. The maximum absolute atomic E-state index is 11.6. The molecule has 1 atom stereocenters. The highest BCUT2D eigenvalue weighted by molar-refractivity contribution is 7.90. The summed E-state index contributed by atoms with van der Waals surface area (Å²) in [6, 6.07) is 0. The molecule has 0 bridgehead atoms. The number of carbonyl (C=O) groups is 1. The summed E-state index contributed by atoms with van der Waals surface area (Å²) in [7, 11) is -3.74. The van der Waals surface area contributed by atoms with Gasteiger partial charge in [-0.15, -0.1) is 0 Å². The Balaban J connectivity index is 2.40. The van der Waals surface area contributed by atoms with Gasteiger partial charge in [0.05, 0.1) is 0 Å². The van der Waals surface area contributed by atoms with Crippen molar-refractivity contribution in [2.45, 2.75) is 31.9 Å². The lowest BCUT2D eigenvalue weighted by Gasteiger charge is -2.31. The Hall–Kier alpha value is -0.660. The number of hydrogen-bond acceptors (Lipinski definition) is 4. The molecule has 2 N–H and O–H groups in total. The third-order valence-electron chi connectivity index (χ3n) is 3.54. The summed E-state index contributed by atoms with van der Waals surface area (Å²) in [5, 5.41) is 7.30. The van der Waals surface area contributed by atoms with E-state index < -0.39 is 21.2 Å². The second-order valence-corrected chi connectivity index (χ2v) is 6.84. The van der Waals surface area contributed by atoms with E-state index in [0.29, 0.717) is 12.5 Å². The van der Waals surface area contributed by atoms with Crippen LogP contribution in [0.3, 0.4) is 0 Å². The molecule has 1 fully saturated rings. The molecule has 0 saturated carbocycles. The first-order valence-corrected chi connectivity index (χ1v) is 7.85. The van der Waals surface area contributed by atoms with Gasteiger partial charge in [0.2, 0.25) is 10.0 Å². The third-order valence-corrected chi connectivity index (χ3v) is 5.24. The highest BCUT2D eigenvalue weighted by atomic mass is 32.2. The number of hydrogen-bond donors (Lipinski definition) is 2. The van der Waals surface area contributed by atoms with Crippen LogP contribution in [-0.4, -0.2) is 55.8 Å². The van der Waals surface area contributed by atoms with Gasteiger partial charge in [-0.1, -0.05) is 6.92 Å². The summed E-state index contributed by atoms with van der Waals surface area (Å²) in [6.45, 7) is 6.63. The van der Waals surface area contributed by atoms with Crippen LogP contribution in [0.1, 0.15) is 26.7 Å². The number of nitrogens with one attached hydrogen (secondary N) is 1. The van der Waals surface area contributed by atoms with Crippen LogP contribution in [0.5, 0.6) is 0 Å². The van der Waals surface area contributed by atoms with Crippen LogP contribution >= 0.6 is 0 Å². The van der Waals surface area contributed by atoms with E-state index in [9.17, 15) is 13.2 Å². The first-order valence-electron chi connectivity index (χ1n) is 6.30. The minimum absolute atomic E-state index is 0.309. The van der Waals surface area contributed by atoms with E-state index in [4.69, 9.17) is 5.11 Å². The van der Waals surface area contributed by atoms with E-state index in [1.165, 1.54) is 6.92 Å². The Bertz CT molecular complexity index is 375. The molecule has 18 heavy (non-hydrogen) atoms. The molecule has 0 aromatic carbocycles. The molecule has 1 saturated heterocycles. The molecule has 1 aliphatic rings. The van der Waals surface area contributed by atoms with Crippen LogP contribution < -0.4 is 4.72 Å². The second kappa shape index (κ2) is 6.49. The van der Waals surface area contributed by atoms with E-state index in [2.05, 4.69) is 16.5 Å². The van der Waals surface area contributed by atoms with Crippen LogP contribution in [0.25, 0.3) is 0 Å². The molecule has 6 nitrogen and oxygen atoms in total. The molecular formula is C11H22N2O4S. The predicted molar refractivity (Wildman–Crippen MR) is 68.9 cm³/mol. The Kier molecular flexibility index (Phi) is 5.55. The van der Waals surface area contributed by atoms with Gasteiger partial charge in [0.25, 0.3) is 0 Å². The predicted octanol–water partition coefficient (Wildman–Crippen LogP) is 0.111. The quantitative estimate of drug-likeness (QED) is 0.720. The topological polar surface area (TPSA) is 86.7 Å². The van der Waals surface area contributed by atoms with Gasteiger partial charge in [0, 0.05) is 6.54 Å². The van der Waals surface area contributed by atoms with Gasteiger partial charge in [0.1, 0.15) is 0 Å². The maximum Gasteiger partial charge on any atom is 0.323 e. The molecule has 0 aromatic rings. The molecule has 0 aliphatic carbocycles. The zero-order chi connectivity index (χ0) is 13.8. The summed E-state index contributed by atoms with van der Waals surface area (Å²) in [5.41, 5.74) is 0. The normalized spacial score (nSPS) is 20.8. The van der Waals surface area contributed by atoms with Gasteiger partial charge >= 0.3 is 5.97 Å². The third kappa shape index (κ3) is 4.22. The standard InChI is InChI=1S/C11H22N2O4S/c1-3-13-6-4-10(5-7-13)8-12-18(16,17)9(2)11(14)15/h9-10,12H,3-8H2,1-2H3,(H,14,15). The number of aliphatic carboxylic acids is 1. The van der Waals surface area contributed by atoms with Crippen molar-refractivity contribution >= 4 is 16.0 Å². The molecule has 1 aliphatic heterocycles. The van der Waals surface area contributed by atoms with Crippen molar-refractivity contribution in [3.63, 3.8) is 0 Å². The van der Waals surface area contributed by atoms with Gasteiger partial charge in [-0.2, -0.15) is 0 Å². The Morgan fingerprint density at radius 1 is 1.44 bits per heavy atom. The van der Waals surface area contributed by atoms with Gasteiger partial charge in [-0.25, -0.2) is 13.1 Å². The number of rotatable bonds is 6. The zero-order valence-electron chi connectivity index (χ0n) is 10.9. The fourth-order valence-electron chi connectivity index (χ4n) is 2.00. The number of piperidine rings is 1. The van der Waals surface area contributed by atoms with E-state index in [1.54, 1.807) is 0 Å². The van der Waals surface area contributed by atoms with Crippen molar-refractivity contribution in [2.24, 2.45) is 5.92 Å². The van der Waals surface area contributed by atoms with Crippen LogP contribution in [0, 0.1) is 5.92 Å². The molecule has 1 rings (SSSR count). The molecule has 1 unspecified atom stereocenters. The molecule has 0 aromatic heterocycles. The lowest BCUT2D eigenvalue weighted by molar-refractivity contribution is -0.136. The summed E-state index contributed by atoms with van der Waals surface area (Å²) in [6.07, 6.45) is 1.91. The first kappa shape index (κ1) is 15.4. The summed E-state index contributed by atoms with van der Waals surface area (Å²) in [4.78, 5) is 13.0. The summed E-state index contributed by atoms with van der Waals surface area (Å²) < 4.78 is 25.7. The molecular weight excluding hydrogens is 256 g/mol. The second-order valence-electron chi connectivity index (χ2n) is 4.75. The Labute approximate surface area is 108 Å². The average Bonchev–Trinajstić information content (AvgIpc) is 2.36. The van der Waals surface area contributed by atoms with Gasteiger partial charge in [0.15, 0.2) is 5.25 Å². The van der Waals surface area contributed by atoms with Crippen molar-refractivity contribution < 1.29 is 18.3 Å². The smallest absolute Gasteiger partial charge is 0.323 e. The molecule has 0 spiro atoms. The van der Waals surface area contributed by atoms with E-state index >= 15 is 0 Å². The Morgan fingerprint density at radius 2 is 2.00 bits per heavy atom. The van der Waals surface area contributed by atoms with Crippen LogP contribution in [0.2, 0.25) is 0 Å². The van der Waals surface area contributed by atoms with Crippen LogP contribution in [0.15, 0.2) is 0 Å². The number of likely N-dealkylation sites (tertiary alicyclic amines) is 1. The fraction of sp³-hybridized carbons (Fsp3) is 0.909. The maximum atomic E-state index is 11.6. The summed E-state index contributed by atoms with van der Waals surface area (Å²) >= 11 is 0. The minimum Gasteiger partial charge on any atom is -0.480 e. The largest absolute Gasteiger partial charge is 0.480 e. The van der Waals surface area contributed by atoms with E-state index in [0.717, 1.165) is 32.5 Å². The van der Waals surface area contributed by atoms with E-state index in [-0.39, 0.29) is 0 Å². The molecule has 7 heteroatoms. The van der Waals surface area contributed by atoms with Gasteiger partial charge in [-0.05, 0) is 45.3 Å². The van der Waals surface area contributed by atoms with Crippen molar-refractivity contribution in [3.8, 4) is 0 Å². The van der Waals surface area contributed by atoms with Gasteiger partial charge in [-0.3, -0.25) is 4.79 Å². The lowest BCUT2D eigenvalue weighted by Crippen LogP contribution is -2.42. The number of carboxylic acid groups (broad SMARTS) is 1. The summed E-state index contributed by atoms with van der Waals surface area (Å²) in [5.74, 6) is -1.01. The van der Waals surface area contributed by atoms with Crippen molar-refractivity contribution in [1.82, 2.24) is 9.62 Å². The number of nitrogens with zero attached hydrogens (tertiary/aromatic N) is 1. The lowest BCUT2D eigenvalue weighted by atomic mass is 9.97. The van der Waals surface area contributed by atoms with Crippen molar-refractivity contribution in [3.05, 3.63) is 0 Å². The number of sulfonamides is 1. The molecule has 0 amide bonds. The molecule has 0 radical (unpaired) electrons. The highest BCUT2D eigenvalue weighted by Crippen LogP contribution is 2.16. The zero-order valence-corrected chi connectivity index (χ0v) is 11.7. The molecule has 1 heterocycles. The SMILES string of the molecule is CCN1CCC(CNS(=O)(=O)C(C)C(=O)O)CC1. The molecule has 106 valence electrons. The fourth-order valence-corrected chi connectivity index (χ4v) is 2.98. The minimum atomic E-state index is -3.74. The van der Waals surface area contributed by atoms with Crippen LogP contribution in [-0.2, 0) is 14.8 Å². The average molecular weight is 278 g/mol. The highest BCUT2D eigenvalue weighted by Gasteiger charge is 2.28. The van der Waals surface area contributed by atoms with Crippen LogP contribution in [0.4, 0.5) is 0 Å². The Morgan fingerprint density at radius 3 is 2.44 bits per heavy atom.